The summed E-state index contributed by atoms with van der Waals surface area (Å²) in [5, 5.41) is 14.6. The summed E-state index contributed by atoms with van der Waals surface area (Å²) in [5.41, 5.74) is 12.4. The van der Waals surface area contributed by atoms with E-state index in [4.69, 9.17) is 4.74 Å². The molecule has 3 heterocycles. The molecule has 21 aromatic rings. The van der Waals surface area contributed by atoms with Gasteiger partial charge in [-0.1, -0.05) is 328 Å². The van der Waals surface area contributed by atoms with Gasteiger partial charge in [-0.25, -0.2) is 0 Å². The normalized spacial score (nSPS) is 12.9. The summed E-state index contributed by atoms with van der Waals surface area (Å²) in [6, 6.07) is 151. The Hall–Kier alpha value is -13.5. The average molecular weight is 1640 g/mol. The molecule has 21 rings (SSSR count). The number of fused-ring (bicyclic) bond motifs is 9. The second kappa shape index (κ2) is 30.5. The van der Waals surface area contributed by atoms with Gasteiger partial charge in [-0.15, -0.1) is 11.3 Å². The SMILES string of the molecule is O=P(c1ccccc1)(c1ccccc1)c1ccc2sc3ccc(P(=O)(c4ccccc4)c4cccc(-c5cccc6c5c5ccccc5n6-c5cccc(-c6cccc(-n7c8ccccc8c8cc(-c9ccc(P(=O)(c%10ccccc%10)c%10ccccc%10Oc%10ccccc%10P(=O)(c%10ccccc%10)c%10ccccc%10)cc9)ccc87)c6)c5)c4)cc3c2c1. The molecule has 18 aromatic carbocycles. The van der Waals surface area contributed by atoms with E-state index < -0.39 is 28.6 Å². The lowest BCUT2D eigenvalue weighted by Gasteiger charge is -2.25. The van der Waals surface area contributed by atoms with E-state index in [-0.39, 0.29) is 0 Å². The van der Waals surface area contributed by atoms with E-state index in [0.29, 0.717) is 43.3 Å². The molecule has 0 N–H and O–H groups in total. The molecular formula is C108H74N2O5P4S. The van der Waals surface area contributed by atoms with Crippen molar-refractivity contribution < 1.29 is 23.0 Å². The maximum Gasteiger partial charge on any atom is 0.174 e. The van der Waals surface area contributed by atoms with Gasteiger partial charge in [0.05, 0.1) is 32.7 Å². The van der Waals surface area contributed by atoms with Crippen molar-refractivity contribution in [2.75, 3.05) is 0 Å². The first-order valence-corrected chi connectivity index (χ1v) is 47.7. The largest absolute Gasteiger partial charge is 0.456 e. The Balaban J connectivity index is 0.604. The van der Waals surface area contributed by atoms with Crippen LogP contribution in [0.5, 0.6) is 11.5 Å². The van der Waals surface area contributed by atoms with Crippen LogP contribution >= 0.6 is 39.9 Å². The van der Waals surface area contributed by atoms with Gasteiger partial charge in [0.25, 0.3) is 0 Å². The Kier molecular flexibility index (Phi) is 18.8. The predicted molar refractivity (Wildman–Crippen MR) is 508 cm³/mol. The molecule has 0 radical (unpaired) electrons. The molecule has 572 valence electrons. The quantitative estimate of drug-likeness (QED) is 0.0753. The number of hydrogen-bond donors (Lipinski definition) is 0. The van der Waals surface area contributed by atoms with Gasteiger partial charge in [0.2, 0.25) is 0 Å². The fraction of sp³-hybridized carbons (Fsp3) is 0. The zero-order valence-corrected chi connectivity index (χ0v) is 69.3. The standard InChI is InChI=1S/C108H74N2O5P4S/c111-116(82-36-7-1-8-37-82,83-38-9-2-10-39-83)90-64-67-106-96(73-90)97-74-91(65-68-107(97)120-106)117(112,84-40-11-3-12-41-84)89-48-29-33-79(71-89)92-51-30-54-101-108(92)94-50-20-22-53-99(94)110(101)81-35-28-32-77(70-81)76-31-27-34-80(69-76)109-98-52-21-19-49-93(98)95-72-78(61-66-100(95)109)75-59-62-88(63-60-75)119(114,87-46-17-6-18-47-87)105-58-26-24-56-103(105)115-102-55-23-25-57-104(102)118(113,85-42-13-4-14-43-85)86-44-15-5-16-45-86/h1-74H. The molecule has 120 heavy (non-hydrogen) atoms. The molecule has 3 aromatic heterocycles. The zero-order chi connectivity index (χ0) is 80.5. The first-order valence-electron chi connectivity index (χ1n) is 40.1. The Bertz CT molecular complexity index is 7680. The van der Waals surface area contributed by atoms with Crippen molar-refractivity contribution in [2.24, 2.45) is 0 Å². The highest BCUT2D eigenvalue weighted by Gasteiger charge is 2.38. The van der Waals surface area contributed by atoms with E-state index in [1.165, 1.54) is 0 Å². The number of thiophene rings is 1. The molecule has 0 saturated carbocycles. The monoisotopic (exact) mass is 1630 g/mol. The number of ether oxygens (including phenoxy) is 1. The van der Waals surface area contributed by atoms with Crippen LogP contribution in [0.4, 0.5) is 0 Å². The molecular weight excluding hydrogens is 1560 g/mol. The molecule has 0 amide bonds. The molecule has 2 atom stereocenters. The van der Waals surface area contributed by atoms with Crippen LogP contribution < -0.4 is 68.4 Å². The Morgan fingerprint density at radius 2 is 0.550 bits per heavy atom. The molecule has 0 saturated heterocycles. The number of hydrogen-bond acceptors (Lipinski definition) is 6. The van der Waals surface area contributed by atoms with Crippen molar-refractivity contribution in [2.45, 2.75) is 0 Å². The van der Waals surface area contributed by atoms with E-state index in [2.05, 4.69) is 203 Å². The van der Waals surface area contributed by atoms with Crippen molar-refractivity contribution in [1.82, 2.24) is 9.13 Å². The molecule has 0 aliphatic heterocycles. The molecule has 12 heteroatoms. The lowest BCUT2D eigenvalue weighted by molar-refractivity contribution is 0.489. The van der Waals surface area contributed by atoms with Crippen molar-refractivity contribution in [3.63, 3.8) is 0 Å². The van der Waals surface area contributed by atoms with Crippen molar-refractivity contribution >= 4 is 167 Å². The van der Waals surface area contributed by atoms with E-state index in [1.54, 1.807) is 11.3 Å². The second-order valence-corrected chi connectivity index (χ2v) is 42.4. The number of rotatable bonds is 19. The van der Waals surface area contributed by atoms with Crippen LogP contribution in [0.3, 0.4) is 0 Å². The fourth-order valence-electron chi connectivity index (χ4n) is 17.8. The van der Waals surface area contributed by atoms with Crippen LogP contribution in [0, 0.1) is 0 Å². The second-order valence-electron chi connectivity index (χ2n) is 30.3. The molecule has 0 bridgehead atoms. The zero-order valence-electron chi connectivity index (χ0n) is 64.9. The van der Waals surface area contributed by atoms with Crippen LogP contribution in [0.1, 0.15) is 0 Å². The van der Waals surface area contributed by atoms with Gasteiger partial charge in [0, 0.05) is 106 Å². The minimum atomic E-state index is -3.66. The highest BCUT2D eigenvalue weighted by molar-refractivity contribution is 7.86. The third-order valence-electron chi connectivity index (χ3n) is 23.5. The highest BCUT2D eigenvalue weighted by atomic mass is 32.1. The topological polar surface area (TPSA) is 87.4 Å². The van der Waals surface area contributed by atoms with Gasteiger partial charge in [-0.3, -0.25) is 0 Å². The summed E-state index contributed by atoms with van der Waals surface area (Å²) in [5.74, 6) is 0.832. The Morgan fingerprint density at radius 1 is 0.208 bits per heavy atom. The summed E-state index contributed by atoms with van der Waals surface area (Å²) in [4.78, 5) is 0. The molecule has 0 spiro atoms. The van der Waals surface area contributed by atoms with Gasteiger partial charge in [-0.05, 0) is 155 Å². The summed E-state index contributed by atoms with van der Waals surface area (Å²) >= 11 is 1.69. The predicted octanol–water partition coefficient (Wildman–Crippen LogP) is 23.6. The molecule has 7 nitrogen and oxygen atoms in total. The van der Waals surface area contributed by atoms with Gasteiger partial charge in [0.15, 0.2) is 28.6 Å². The van der Waals surface area contributed by atoms with E-state index in [0.717, 1.165) is 140 Å². The summed E-state index contributed by atoms with van der Waals surface area (Å²) in [6.45, 7) is 0. The lowest BCUT2D eigenvalue weighted by atomic mass is 9.99. The van der Waals surface area contributed by atoms with E-state index in [9.17, 15) is 0 Å². The maximum absolute atomic E-state index is 16.9. The number of nitrogens with zero attached hydrogens (tertiary/aromatic N) is 2. The number of para-hydroxylation sites is 4. The third kappa shape index (κ3) is 12.5. The van der Waals surface area contributed by atoms with Crippen molar-refractivity contribution in [3.8, 4) is 56.3 Å². The smallest absolute Gasteiger partial charge is 0.174 e. The summed E-state index contributed by atoms with van der Waals surface area (Å²) in [6.07, 6.45) is 0. The minimum Gasteiger partial charge on any atom is -0.456 e. The Labute approximate surface area is 699 Å². The highest BCUT2D eigenvalue weighted by Crippen LogP contribution is 2.52. The minimum absolute atomic E-state index is 0.411. The van der Waals surface area contributed by atoms with Crippen molar-refractivity contribution in [3.05, 3.63) is 449 Å². The van der Waals surface area contributed by atoms with Gasteiger partial charge in [-0.2, -0.15) is 0 Å². The first-order chi connectivity index (χ1) is 59.0. The van der Waals surface area contributed by atoms with Gasteiger partial charge in [0.1, 0.15) is 11.5 Å². The summed E-state index contributed by atoms with van der Waals surface area (Å²) in [7, 11) is -14.0. The maximum atomic E-state index is 16.9. The lowest BCUT2D eigenvalue weighted by Crippen LogP contribution is -2.27. The van der Waals surface area contributed by atoms with Crippen LogP contribution in [0.25, 0.3) is 109 Å². The molecule has 2 unspecified atom stereocenters. The molecule has 0 fully saturated rings. The third-order valence-corrected chi connectivity index (χ3v) is 37.0. The van der Waals surface area contributed by atoms with Gasteiger partial charge >= 0.3 is 0 Å². The fourth-order valence-corrected chi connectivity index (χ4v) is 29.7. The van der Waals surface area contributed by atoms with E-state index in [1.807, 2.05) is 255 Å². The average Bonchev–Trinajstić information content (AvgIpc) is 1.69. The van der Waals surface area contributed by atoms with E-state index >= 15 is 18.3 Å². The number of aromatic nitrogens is 2. The van der Waals surface area contributed by atoms with Crippen LogP contribution in [0.15, 0.2) is 449 Å². The molecule has 0 aliphatic carbocycles. The van der Waals surface area contributed by atoms with Crippen molar-refractivity contribution in [1.29, 1.82) is 0 Å². The first kappa shape index (κ1) is 74.1. The molecule has 0 aliphatic rings. The van der Waals surface area contributed by atoms with Crippen LogP contribution in [0.2, 0.25) is 0 Å². The van der Waals surface area contributed by atoms with Gasteiger partial charge < -0.3 is 32.1 Å². The summed E-state index contributed by atoms with van der Waals surface area (Å²) < 4.78 is 79.1. The van der Waals surface area contributed by atoms with Crippen LogP contribution in [-0.2, 0) is 18.3 Å². The number of benzene rings is 18. The van der Waals surface area contributed by atoms with Crippen LogP contribution in [-0.4, -0.2) is 9.13 Å². The Morgan fingerprint density at radius 3 is 1.06 bits per heavy atom.